The number of fused-ring (bicyclic) bond motifs is 1. The minimum absolute atomic E-state index is 0.0539. The molecule has 2 rings (SSSR count). The Kier molecular flexibility index (Phi) is 4.31. The Morgan fingerprint density at radius 2 is 1.94 bits per heavy atom. The SMILES string of the molecule is CC(C)(C)OC(=O)CCN1CCC2CCCCC21. The number of likely N-dealkylation sites (tertiary alicyclic amines) is 1. The Balaban J connectivity index is 1.75. The van der Waals surface area contributed by atoms with Gasteiger partial charge in [-0.15, -0.1) is 0 Å². The van der Waals surface area contributed by atoms with Crippen molar-refractivity contribution in [2.75, 3.05) is 13.1 Å². The van der Waals surface area contributed by atoms with Gasteiger partial charge in [-0.1, -0.05) is 12.8 Å². The fourth-order valence-corrected chi connectivity index (χ4v) is 3.41. The first kappa shape index (κ1) is 13.9. The van der Waals surface area contributed by atoms with Crippen molar-refractivity contribution >= 4 is 5.97 Å². The third-order valence-corrected chi connectivity index (χ3v) is 4.15. The predicted octanol–water partition coefficient (Wildman–Crippen LogP) is 2.98. The molecule has 1 saturated heterocycles. The van der Waals surface area contributed by atoms with Gasteiger partial charge in [0, 0.05) is 12.6 Å². The molecule has 1 heterocycles. The third kappa shape index (κ3) is 3.71. The Morgan fingerprint density at radius 3 is 2.67 bits per heavy atom. The first-order valence-corrected chi connectivity index (χ1v) is 7.41. The number of esters is 1. The van der Waals surface area contributed by atoms with Gasteiger partial charge in [0.25, 0.3) is 0 Å². The predicted molar refractivity (Wildman–Crippen MR) is 72.4 cm³/mol. The monoisotopic (exact) mass is 253 g/mol. The molecule has 0 spiro atoms. The number of carbonyl (C=O) groups excluding carboxylic acids is 1. The van der Waals surface area contributed by atoms with E-state index in [1.165, 1.54) is 38.6 Å². The second-order valence-corrected chi connectivity index (χ2v) is 6.77. The normalized spacial score (nSPS) is 29.1. The van der Waals surface area contributed by atoms with E-state index in [0.717, 1.165) is 18.5 Å². The van der Waals surface area contributed by atoms with Crippen LogP contribution in [-0.2, 0) is 9.53 Å². The van der Waals surface area contributed by atoms with Gasteiger partial charge in [0.1, 0.15) is 5.60 Å². The summed E-state index contributed by atoms with van der Waals surface area (Å²) in [5.74, 6) is 0.846. The molecule has 3 heteroatoms. The average Bonchev–Trinajstić information content (AvgIpc) is 2.67. The maximum absolute atomic E-state index is 11.7. The second kappa shape index (κ2) is 5.60. The van der Waals surface area contributed by atoms with Crippen LogP contribution in [0.2, 0.25) is 0 Å². The highest BCUT2D eigenvalue weighted by Gasteiger charge is 2.35. The molecule has 0 bridgehead atoms. The van der Waals surface area contributed by atoms with Crippen LogP contribution < -0.4 is 0 Å². The fourth-order valence-electron chi connectivity index (χ4n) is 3.41. The molecular formula is C15H27NO2. The standard InChI is InChI=1S/C15H27NO2/c1-15(2,3)18-14(17)9-11-16-10-8-12-6-4-5-7-13(12)16/h12-13H,4-11H2,1-3H3. The lowest BCUT2D eigenvalue weighted by molar-refractivity contribution is -0.155. The van der Waals surface area contributed by atoms with Crippen LogP contribution in [0, 0.1) is 5.92 Å². The van der Waals surface area contributed by atoms with Crippen LogP contribution in [0.15, 0.2) is 0 Å². The van der Waals surface area contributed by atoms with Crippen LogP contribution in [0.3, 0.4) is 0 Å². The lowest BCUT2D eigenvalue weighted by atomic mass is 9.85. The number of hydrogen-bond donors (Lipinski definition) is 0. The van der Waals surface area contributed by atoms with Gasteiger partial charge in [-0.2, -0.15) is 0 Å². The minimum Gasteiger partial charge on any atom is -0.460 e. The van der Waals surface area contributed by atoms with Crippen LogP contribution >= 0.6 is 0 Å². The zero-order valence-corrected chi connectivity index (χ0v) is 12.1. The highest BCUT2D eigenvalue weighted by Crippen LogP contribution is 2.36. The number of hydrogen-bond acceptors (Lipinski definition) is 3. The van der Waals surface area contributed by atoms with Crippen molar-refractivity contribution in [1.29, 1.82) is 0 Å². The summed E-state index contributed by atoms with van der Waals surface area (Å²) in [4.78, 5) is 14.2. The molecule has 0 aromatic heterocycles. The van der Waals surface area contributed by atoms with E-state index in [-0.39, 0.29) is 11.6 Å². The van der Waals surface area contributed by atoms with E-state index in [2.05, 4.69) is 4.90 Å². The van der Waals surface area contributed by atoms with Crippen LogP contribution in [0.1, 0.15) is 59.3 Å². The van der Waals surface area contributed by atoms with Crippen molar-refractivity contribution in [3.05, 3.63) is 0 Å². The van der Waals surface area contributed by atoms with Gasteiger partial charge in [-0.05, 0) is 52.5 Å². The summed E-state index contributed by atoms with van der Waals surface area (Å²) < 4.78 is 5.37. The molecule has 2 atom stereocenters. The average molecular weight is 253 g/mol. The quantitative estimate of drug-likeness (QED) is 0.724. The molecule has 0 N–H and O–H groups in total. The molecule has 0 aromatic carbocycles. The molecule has 0 aromatic rings. The molecule has 104 valence electrons. The third-order valence-electron chi connectivity index (χ3n) is 4.15. The molecule has 2 fully saturated rings. The first-order chi connectivity index (χ1) is 8.46. The molecule has 3 nitrogen and oxygen atoms in total. The van der Waals surface area contributed by atoms with E-state index in [1.54, 1.807) is 0 Å². The van der Waals surface area contributed by atoms with E-state index >= 15 is 0 Å². The smallest absolute Gasteiger partial charge is 0.307 e. The van der Waals surface area contributed by atoms with Crippen LogP contribution in [0.4, 0.5) is 0 Å². The summed E-state index contributed by atoms with van der Waals surface area (Å²) in [6.07, 6.45) is 7.37. The Bertz CT molecular complexity index is 295. The van der Waals surface area contributed by atoms with Crippen LogP contribution in [0.5, 0.6) is 0 Å². The highest BCUT2D eigenvalue weighted by molar-refractivity contribution is 5.70. The van der Waals surface area contributed by atoms with Gasteiger partial charge in [-0.3, -0.25) is 9.69 Å². The first-order valence-electron chi connectivity index (χ1n) is 7.41. The summed E-state index contributed by atoms with van der Waals surface area (Å²) in [5.41, 5.74) is -0.352. The number of rotatable bonds is 3. The highest BCUT2D eigenvalue weighted by atomic mass is 16.6. The van der Waals surface area contributed by atoms with Gasteiger partial charge in [0.05, 0.1) is 6.42 Å². The molecule has 1 aliphatic carbocycles. The Morgan fingerprint density at radius 1 is 1.22 bits per heavy atom. The zero-order valence-electron chi connectivity index (χ0n) is 12.1. The number of carbonyl (C=O) groups is 1. The Labute approximate surface area is 111 Å². The minimum atomic E-state index is -0.352. The molecule has 18 heavy (non-hydrogen) atoms. The van der Waals surface area contributed by atoms with E-state index in [0.29, 0.717) is 6.42 Å². The summed E-state index contributed by atoms with van der Waals surface area (Å²) in [7, 11) is 0. The number of ether oxygens (including phenoxy) is 1. The van der Waals surface area contributed by atoms with Crippen LogP contribution in [0.25, 0.3) is 0 Å². The summed E-state index contributed by atoms with van der Waals surface area (Å²) >= 11 is 0. The molecule has 2 unspecified atom stereocenters. The van der Waals surface area contributed by atoms with Gasteiger partial charge < -0.3 is 4.74 Å². The maximum Gasteiger partial charge on any atom is 0.307 e. The lowest BCUT2D eigenvalue weighted by Gasteiger charge is -2.31. The summed E-state index contributed by atoms with van der Waals surface area (Å²) in [6.45, 7) is 7.85. The van der Waals surface area contributed by atoms with Gasteiger partial charge >= 0.3 is 5.97 Å². The van der Waals surface area contributed by atoms with Crippen molar-refractivity contribution in [3.63, 3.8) is 0 Å². The van der Waals surface area contributed by atoms with Crippen molar-refractivity contribution in [1.82, 2.24) is 4.90 Å². The van der Waals surface area contributed by atoms with Crippen LogP contribution in [-0.4, -0.2) is 35.6 Å². The zero-order chi connectivity index (χ0) is 13.2. The van der Waals surface area contributed by atoms with E-state index in [4.69, 9.17) is 4.74 Å². The van der Waals surface area contributed by atoms with Crippen molar-refractivity contribution in [2.24, 2.45) is 5.92 Å². The number of nitrogens with zero attached hydrogens (tertiary/aromatic N) is 1. The lowest BCUT2D eigenvalue weighted by Crippen LogP contribution is -2.36. The van der Waals surface area contributed by atoms with Gasteiger partial charge in [-0.25, -0.2) is 0 Å². The molecule has 1 saturated carbocycles. The molecule has 2 aliphatic rings. The van der Waals surface area contributed by atoms with Crippen molar-refractivity contribution in [2.45, 2.75) is 70.9 Å². The summed E-state index contributed by atoms with van der Waals surface area (Å²) in [5, 5.41) is 0. The van der Waals surface area contributed by atoms with Gasteiger partial charge in [0.15, 0.2) is 0 Å². The second-order valence-electron chi connectivity index (χ2n) is 6.77. The van der Waals surface area contributed by atoms with E-state index < -0.39 is 0 Å². The fraction of sp³-hybridized carbons (Fsp3) is 0.933. The van der Waals surface area contributed by atoms with E-state index in [9.17, 15) is 4.79 Å². The summed E-state index contributed by atoms with van der Waals surface area (Å²) in [6, 6.07) is 0.751. The maximum atomic E-state index is 11.7. The molecule has 0 amide bonds. The molecular weight excluding hydrogens is 226 g/mol. The van der Waals surface area contributed by atoms with Crippen molar-refractivity contribution < 1.29 is 9.53 Å². The topological polar surface area (TPSA) is 29.5 Å². The van der Waals surface area contributed by atoms with Gasteiger partial charge in [0.2, 0.25) is 0 Å². The molecule has 1 aliphatic heterocycles. The molecule has 0 radical (unpaired) electrons. The Hall–Kier alpha value is -0.570. The largest absolute Gasteiger partial charge is 0.460 e. The van der Waals surface area contributed by atoms with Crippen molar-refractivity contribution in [3.8, 4) is 0 Å². The van der Waals surface area contributed by atoms with E-state index in [1.807, 2.05) is 20.8 Å².